The summed E-state index contributed by atoms with van der Waals surface area (Å²) in [6.07, 6.45) is 5.48. The molecule has 7 nitrogen and oxygen atoms in total. The highest BCUT2D eigenvalue weighted by atomic mass is 79.9. The number of hydrogen-bond acceptors (Lipinski definition) is 7. The molecular formula is C25H21BrN4O3S2. The zero-order valence-electron chi connectivity index (χ0n) is 18.5. The number of aromatic hydroxyl groups is 1. The average molecular weight is 570 g/mol. The van der Waals surface area contributed by atoms with Gasteiger partial charge in [0.15, 0.2) is 5.16 Å². The summed E-state index contributed by atoms with van der Waals surface area (Å²) in [5.74, 6) is -0.263. The molecule has 35 heavy (non-hydrogen) atoms. The molecule has 10 heteroatoms. The highest BCUT2D eigenvalue weighted by Gasteiger charge is 2.23. The van der Waals surface area contributed by atoms with Crippen LogP contribution in [0.25, 0.3) is 15.9 Å². The third-order valence-electron chi connectivity index (χ3n) is 5.69. The van der Waals surface area contributed by atoms with Crippen molar-refractivity contribution in [2.75, 3.05) is 5.75 Å². The lowest BCUT2D eigenvalue weighted by atomic mass is 9.97. The first kappa shape index (κ1) is 23.8. The summed E-state index contributed by atoms with van der Waals surface area (Å²) in [7, 11) is 0. The molecule has 0 saturated carbocycles. The molecular weight excluding hydrogens is 548 g/mol. The first-order valence-corrected chi connectivity index (χ1v) is 13.7. The van der Waals surface area contributed by atoms with E-state index < -0.39 is 0 Å². The van der Waals surface area contributed by atoms with E-state index in [2.05, 4.69) is 26.5 Å². The zero-order chi connectivity index (χ0) is 24.4. The Hall–Kier alpha value is -2.95. The minimum atomic E-state index is -0.347. The predicted molar refractivity (Wildman–Crippen MR) is 144 cm³/mol. The van der Waals surface area contributed by atoms with Crippen LogP contribution >= 0.6 is 39.0 Å². The van der Waals surface area contributed by atoms with E-state index in [4.69, 9.17) is 4.98 Å². The summed E-state index contributed by atoms with van der Waals surface area (Å²) in [4.78, 5) is 33.0. The third-order valence-corrected chi connectivity index (χ3v) is 8.30. The summed E-state index contributed by atoms with van der Waals surface area (Å²) in [6, 6.07) is 14.3. The molecule has 0 spiro atoms. The Morgan fingerprint density at radius 1 is 1.23 bits per heavy atom. The maximum absolute atomic E-state index is 13.7. The van der Waals surface area contributed by atoms with E-state index in [-0.39, 0.29) is 23.0 Å². The SMILES string of the molecule is O=C(CSc1nc2sc3c(c2c(=O)n1-c1ccccc1)CCCC3)N/N=C\c1cc(Br)ccc1O. The topological polar surface area (TPSA) is 96.6 Å². The second-order valence-electron chi connectivity index (χ2n) is 8.05. The van der Waals surface area contributed by atoms with Crippen molar-refractivity contribution in [3.05, 3.63) is 79.4 Å². The van der Waals surface area contributed by atoms with Gasteiger partial charge in [-0.1, -0.05) is 45.9 Å². The van der Waals surface area contributed by atoms with Gasteiger partial charge in [0, 0.05) is 14.9 Å². The molecule has 2 N–H and O–H groups in total. The molecule has 5 rings (SSSR count). The van der Waals surface area contributed by atoms with E-state index in [0.717, 1.165) is 40.5 Å². The lowest BCUT2D eigenvalue weighted by molar-refractivity contribution is -0.118. The molecule has 0 fully saturated rings. The minimum absolute atomic E-state index is 0.0255. The number of hydrogen-bond donors (Lipinski definition) is 2. The molecule has 0 unspecified atom stereocenters. The predicted octanol–water partition coefficient (Wildman–Crippen LogP) is 5.04. The van der Waals surface area contributed by atoms with Crippen LogP contribution in [0.1, 0.15) is 28.8 Å². The van der Waals surface area contributed by atoms with E-state index in [1.165, 1.54) is 28.9 Å². The van der Waals surface area contributed by atoms with Gasteiger partial charge in [-0.25, -0.2) is 10.4 Å². The van der Waals surface area contributed by atoms with Gasteiger partial charge in [-0.05, 0) is 61.6 Å². The van der Waals surface area contributed by atoms with Gasteiger partial charge < -0.3 is 5.11 Å². The highest BCUT2D eigenvalue weighted by Crippen LogP contribution is 2.35. The number of carbonyl (C=O) groups is 1. The Morgan fingerprint density at radius 3 is 2.86 bits per heavy atom. The number of fused-ring (bicyclic) bond motifs is 3. The number of halogens is 1. The quantitative estimate of drug-likeness (QED) is 0.147. The molecule has 1 aliphatic rings. The van der Waals surface area contributed by atoms with Crippen molar-refractivity contribution in [3.63, 3.8) is 0 Å². The molecule has 0 aliphatic heterocycles. The number of phenolic OH excluding ortho intramolecular Hbond substituents is 1. The summed E-state index contributed by atoms with van der Waals surface area (Å²) < 4.78 is 2.39. The fourth-order valence-electron chi connectivity index (χ4n) is 4.05. The van der Waals surface area contributed by atoms with Crippen molar-refractivity contribution < 1.29 is 9.90 Å². The number of benzene rings is 2. The maximum atomic E-state index is 13.7. The van der Waals surface area contributed by atoms with E-state index in [0.29, 0.717) is 21.8 Å². The lowest BCUT2D eigenvalue weighted by Crippen LogP contribution is -2.24. The first-order chi connectivity index (χ1) is 17.0. The van der Waals surface area contributed by atoms with Gasteiger partial charge in [0.25, 0.3) is 11.5 Å². The van der Waals surface area contributed by atoms with Gasteiger partial charge in [-0.15, -0.1) is 11.3 Å². The summed E-state index contributed by atoms with van der Waals surface area (Å²) >= 11 is 6.12. The highest BCUT2D eigenvalue weighted by molar-refractivity contribution is 9.10. The van der Waals surface area contributed by atoms with Crippen molar-refractivity contribution >= 4 is 61.4 Å². The molecule has 2 heterocycles. The molecule has 0 bridgehead atoms. The summed E-state index contributed by atoms with van der Waals surface area (Å²) in [5.41, 5.74) is 4.70. The minimum Gasteiger partial charge on any atom is -0.507 e. The number of nitrogens with one attached hydrogen (secondary N) is 1. The van der Waals surface area contributed by atoms with Crippen LogP contribution in [0.15, 0.2) is 68.1 Å². The number of phenols is 1. The van der Waals surface area contributed by atoms with Crippen molar-refractivity contribution in [2.45, 2.75) is 30.8 Å². The number of para-hydroxylation sites is 1. The van der Waals surface area contributed by atoms with Gasteiger partial charge in [0.1, 0.15) is 10.6 Å². The molecule has 2 aromatic carbocycles. The van der Waals surface area contributed by atoms with Gasteiger partial charge in [0.2, 0.25) is 0 Å². The van der Waals surface area contributed by atoms with Crippen molar-refractivity contribution in [2.24, 2.45) is 5.10 Å². The van der Waals surface area contributed by atoms with Gasteiger partial charge in [-0.2, -0.15) is 5.10 Å². The van der Waals surface area contributed by atoms with Gasteiger partial charge >= 0.3 is 0 Å². The Bertz CT molecular complexity index is 1500. The average Bonchev–Trinajstić information content (AvgIpc) is 3.24. The molecule has 4 aromatic rings. The molecule has 2 aromatic heterocycles. The van der Waals surface area contributed by atoms with Crippen molar-refractivity contribution in [3.8, 4) is 11.4 Å². The summed E-state index contributed by atoms with van der Waals surface area (Å²) in [5, 5.41) is 15.0. The number of rotatable bonds is 6. The Morgan fingerprint density at radius 2 is 2.03 bits per heavy atom. The first-order valence-electron chi connectivity index (χ1n) is 11.1. The van der Waals surface area contributed by atoms with Crippen LogP contribution in [0.4, 0.5) is 0 Å². The van der Waals surface area contributed by atoms with Crippen LogP contribution in [0.2, 0.25) is 0 Å². The van der Waals surface area contributed by atoms with Crippen LogP contribution in [0.3, 0.4) is 0 Å². The number of thiophene rings is 1. The van der Waals surface area contributed by atoms with Crippen LogP contribution in [-0.2, 0) is 17.6 Å². The normalized spacial score (nSPS) is 13.3. The smallest absolute Gasteiger partial charge is 0.267 e. The van der Waals surface area contributed by atoms with E-state index >= 15 is 0 Å². The van der Waals surface area contributed by atoms with Crippen LogP contribution in [0, 0.1) is 0 Å². The molecule has 0 saturated heterocycles. The van der Waals surface area contributed by atoms with Crippen molar-refractivity contribution in [1.29, 1.82) is 0 Å². The number of amides is 1. The largest absolute Gasteiger partial charge is 0.507 e. The molecule has 1 amide bonds. The standard InChI is InChI=1S/C25H21BrN4O3S2/c26-16-10-11-19(31)15(12-16)13-27-29-21(32)14-34-25-28-23-22(18-8-4-5-9-20(18)35-23)24(33)30(25)17-6-2-1-3-7-17/h1-3,6-7,10-13,31H,4-5,8-9,14H2,(H,29,32)/b27-13-. The second-order valence-corrected chi connectivity index (χ2v) is 11.0. The lowest BCUT2D eigenvalue weighted by Gasteiger charge is -2.13. The number of aromatic nitrogens is 2. The Kier molecular flexibility index (Phi) is 7.03. The molecule has 0 atom stereocenters. The third kappa shape index (κ3) is 5.05. The zero-order valence-corrected chi connectivity index (χ0v) is 21.8. The molecule has 178 valence electrons. The summed E-state index contributed by atoms with van der Waals surface area (Å²) in [6.45, 7) is 0. The Balaban J connectivity index is 1.41. The van der Waals surface area contributed by atoms with Crippen LogP contribution in [0.5, 0.6) is 5.75 Å². The van der Waals surface area contributed by atoms with E-state index in [1.807, 2.05) is 30.3 Å². The van der Waals surface area contributed by atoms with Crippen molar-refractivity contribution in [1.82, 2.24) is 15.0 Å². The number of carbonyl (C=O) groups excluding carboxylic acids is 1. The van der Waals surface area contributed by atoms with Gasteiger partial charge in [-0.3, -0.25) is 14.2 Å². The van der Waals surface area contributed by atoms with E-state index in [1.54, 1.807) is 28.0 Å². The van der Waals surface area contributed by atoms with Gasteiger partial charge in [0.05, 0.1) is 23.0 Å². The Labute approximate surface area is 218 Å². The second kappa shape index (κ2) is 10.3. The fraction of sp³-hybridized carbons (Fsp3) is 0.200. The number of aryl methyl sites for hydroxylation is 2. The van der Waals surface area contributed by atoms with Crippen LogP contribution in [-0.4, -0.2) is 32.5 Å². The monoisotopic (exact) mass is 568 g/mol. The molecule has 0 radical (unpaired) electrons. The fourth-order valence-corrected chi connectivity index (χ4v) is 6.54. The number of thioether (sulfide) groups is 1. The van der Waals surface area contributed by atoms with Crippen LogP contribution < -0.4 is 11.0 Å². The molecule has 1 aliphatic carbocycles. The number of hydrazone groups is 1. The number of nitrogens with zero attached hydrogens (tertiary/aromatic N) is 3. The van der Waals surface area contributed by atoms with E-state index in [9.17, 15) is 14.7 Å². The maximum Gasteiger partial charge on any atom is 0.267 e.